The summed E-state index contributed by atoms with van der Waals surface area (Å²) in [5.41, 5.74) is 3.94. The summed E-state index contributed by atoms with van der Waals surface area (Å²) in [5, 5.41) is 6.83. The number of piperazine rings is 1. The van der Waals surface area contributed by atoms with E-state index in [4.69, 9.17) is 19.4 Å². The van der Waals surface area contributed by atoms with Crippen LogP contribution in [-0.4, -0.2) is 78.3 Å². The van der Waals surface area contributed by atoms with E-state index in [2.05, 4.69) is 22.6 Å². The van der Waals surface area contributed by atoms with E-state index in [0.717, 1.165) is 55.0 Å². The minimum Gasteiger partial charge on any atom is -0.462 e. The molecule has 3 aliphatic rings. The van der Waals surface area contributed by atoms with Crippen LogP contribution in [0, 0.1) is 0 Å². The summed E-state index contributed by atoms with van der Waals surface area (Å²) in [6.45, 7) is 5.41. The lowest BCUT2D eigenvalue weighted by molar-refractivity contribution is 0.0705. The minimum absolute atomic E-state index is 0.219. The highest BCUT2D eigenvalue weighted by atomic mass is 16.6. The summed E-state index contributed by atoms with van der Waals surface area (Å²) >= 11 is 0. The largest absolute Gasteiger partial charge is 0.462 e. The lowest BCUT2D eigenvalue weighted by Crippen LogP contribution is -2.49. The molecule has 0 spiro atoms. The van der Waals surface area contributed by atoms with Gasteiger partial charge in [-0.3, -0.25) is 4.90 Å². The van der Waals surface area contributed by atoms with E-state index in [9.17, 15) is 4.79 Å². The number of amides is 1. The molecule has 1 amide bonds. The third-order valence-electron chi connectivity index (χ3n) is 7.02. The Labute approximate surface area is 200 Å². The predicted octanol–water partition coefficient (Wildman–Crippen LogP) is 1.88. The fourth-order valence-corrected chi connectivity index (χ4v) is 5.04. The molecular formula is C25H34N6O3. The van der Waals surface area contributed by atoms with E-state index in [0.29, 0.717) is 38.3 Å². The number of likely N-dealkylation sites (tertiary alicyclic amines) is 1. The van der Waals surface area contributed by atoms with Gasteiger partial charge in [-0.05, 0) is 45.0 Å². The number of fused-ring (bicyclic) bond motifs is 1. The zero-order valence-electron chi connectivity index (χ0n) is 19.8. The Morgan fingerprint density at radius 3 is 2.85 bits per heavy atom. The third kappa shape index (κ3) is 5.16. The van der Waals surface area contributed by atoms with Crippen LogP contribution in [0.2, 0.25) is 0 Å². The number of likely N-dealkylation sites (N-methyl/N-ethyl adjacent to an activating group) is 1. The van der Waals surface area contributed by atoms with Gasteiger partial charge in [0.2, 0.25) is 0 Å². The summed E-state index contributed by atoms with van der Waals surface area (Å²) < 4.78 is 11.8. The summed E-state index contributed by atoms with van der Waals surface area (Å²) in [4.78, 5) is 26.9. The van der Waals surface area contributed by atoms with Gasteiger partial charge in [0, 0.05) is 37.8 Å². The fraction of sp³-hybridized carbons (Fsp3) is 0.560. The Kier molecular flexibility index (Phi) is 7.22. The number of carbonyl (C=O) groups is 1. The van der Waals surface area contributed by atoms with Crippen LogP contribution < -0.4 is 15.4 Å². The number of carbonyl (C=O) groups excluding carboxylic acids is 1. The van der Waals surface area contributed by atoms with Crippen molar-refractivity contribution in [1.82, 2.24) is 30.4 Å². The maximum Gasteiger partial charge on any atom is 0.410 e. The topological polar surface area (TPSA) is 91.9 Å². The molecule has 34 heavy (non-hydrogen) atoms. The first-order valence-electron chi connectivity index (χ1n) is 12.3. The Morgan fingerprint density at radius 2 is 2.03 bits per heavy atom. The van der Waals surface area contributed by atoms with Gasteiger partial charge in [-0.1, -0.05) is 30.3 Å². The Hall–Kier alpha value is -2.75. The maximum atomic E-state index is 13.1. The van der Waals surface area contributed by atoms with Gasteiger partial charge in [0.15, 0.2) is 0 Å². The number of ether oxygens (including phenoxy) is 2. The first kappa shape index (κ1) is 23.0. The molecule has 182 valence electrons. The van der Waals surface area contributed by atoms with E-state index in [1.54, 1.807) is 4.90 Å². The lowest BCUT2D eigenvalue weighted by Gasteiger charge is -2.36. The molecule has 9 heteroatoms. The van der Waals surface area contributed by atoms with Crippen molar-refractivity contribution in [3.8, 4) is 6.01 Å². The Balaban J connectivity index is 1.36. The summed E-state index contributed by atoms with van der Waals surface area (Å²) in [7, 11) is 2.14. The molecule has 0 aliphatic carbocycles. The Bertz CT molecular complexity index is 988. The fourth-order valence-electron chi connectivity index (χ4n) is 5.04. The summed E-state index contributed by atoms with van der Waals surface area (Å²) in [6, 6.07) is 10.3. The average Bonchev–Trinajstić information content (AvgIpc) is 3.30. The second-order valence-corrected chi connectivity index (χ2v) is 9.28. The molecule has 3 aliphatic heterocycles. The molecule has 4 heterocycles. The second-order valence-electron chi connectivity index (χ2n) is 9.28. The van der Waals surface area contributed by atoms with Gasteiger partial charge in [0.25, 0.3) is 0 Å². The van der Waals surface area contributed by atoms with Crippen molar-refractivity contribution in [3.05, 3.63) is 52.8 Å². The van der Waals surface area contributed by atoms with E-state index in [1.165, 1.54) is 6.42 Å². The van der Waals surface area contributed by atoms with Crippen molar-refractivity contribution in [1.29, 1.82) is 0 Å². The van der Waals surface area contributed by atoms with Crippen molar-refractivity contribution in [2.45, 2.75) is 44.5 Å². The summed E-state index contributed by atoms with van der Waals surface area (Å²) in [5.74, 6) is 0. The van der Waals surface area contributed by atoms with Gasteiger partial charge < -0.3 is 25.0 Å². The molecule has 2 N–H and O–H groups in total. The molecule has 1 unspecified atom stereocenters. The monoisotopic (exact) mass is 466 g/mol. The van der Waals surface area contributed by atoms with Crippen molar-refractivity contribution in [3.63, 3.8) is 0 Å². The van der Waals surface area contributed by atoms with Crippen LogP contribution in [0.25, 0.3) is 0 Å². The first-order valence-corrected chi connectivity index (χ1v) is 12.3. The smallest absolute Gasteiger partial charge is 0.410 e. The van der Waals surface area contributed by atoms with Crippen LogP contribution in [-0.2, 0) is 24.3 Å². The molecule has 0 radical (unpaired) electrons. The number of rotatable bonds is 6. The zero-order chi connectivity index (χ0) is 23.3. The van der Waals surface area contributed by atoms with Gasteiger partial charge in [0.05, 0.1) is 17.4 Å². The average molecular weight is 467 g/mol. The van der Waals surface area contributed by atoms with E-state index in [-0.39, 0.29) is 18.7 Å². The highest BCUT2D eigenvalue weighted by molar-refractivity contribution is 5.68. The number of aromatic nitrogens is 2. The Morgan fingerprint density at radius 1 is 1.15 bits per heavy atom. The highest BCUT2D eigenvalue weighted by Gasteiger charge is 2.34. The number of benzene rings is 1. The molecule has 2 atom stereocenters. The number of nitrogens with zero attached hydrogens (tertiary/aromatic N) is 4. The minimum atomic E-state index is -0.313. The lowest BCUT2D eigenvalue weighted by atomic mass is 9.98. The molecule has 1 aromatic carbocycles. The van der Waals surface area contributed by atoms with Crippen molar-refractivity contribution < 1.29 is 14.3 Å². The maximum absolute atomic E-state index is 13.1. The predicted molar refractivity (Wildman–Crippen MR) is 128 cm³/mol. The molecule has 0 saturated carbocycles. The van der Waals surface area contributed by atoms with E-state index in [1.807, 2.05) is 30.3 Å². The molecular weight excluding hydrogens is 432 g/mol. The molecule has 2 aromatic rings. The third-order valence-corrected chi connectivity index (χ3v) is 7.02. The SMILES string of the molecule is CN1CCC[C@H]1COc1nc2c(c(C3CNCCN3C(=O)OCc3ccccc3)n1)CCNC2. The normalized spacial score (nSPS) is 22.9. The van der Waals surface area contributed by atoms with Crippen LogP contribution in [0.4, 0.5) is 4.79 Å². The van der Waals surface area contributed by atoms with Crippen molar-refractivity contribution >= 4 is 6.09 Å². The molecule has 0 bridgehead atoms. The summed E-state index contributed by atoms with van der Waals surface area (Å²) in [6.07, 6.45) is 2.84. The number of hydrogen-bond acceptors (Lipinski definition) is 8. The second kappa shape index (κ2) is 10.7. The van der Waals surface area contributed by atoms with Gasteiger partial charge >= 0.3 is 12.1 Å². The molecule has 5 rings (SSSR count). The van der Waals surface area contributed by atoms with Crippen LogP contribution in [0.3, 0.4) is 0 Å². The molecule has 2 fully saturated rings. The highest BCUT2D eigenvalue weighted by Crippen LogP contribution is 2.30. The number of nitrogens with one attached hydrogen (secondary N) is 2. The van der Waals surface area contributed by atoms with Crippen LogP contribution >= 0.6 is 0 Å². The van der Waals surface area contributed by atoms with Crippen LogP contribution in [0.5, 0.6) is 6.01 Å². The van der Waals surface area contributed by atoms with E-state index < -0.39 is 0 Å². The molecule has 1 aromatic heterocycles. The first-order chi connectivity index (χ1) is 16.7. The van der Waals surface area contributed by atoms with Crippen LogP contribution in [0.1, 0.15) is 41.4 Å². The number of hydrogen-bond donors (Lipinski definition) is 2. The van der Waals surface area contributed by atoms with Crippen molar-refractivity contribution in [2.24, 2.45) is 0 Å². The van der Waals surface area contributed by atoms with Crippen LogP contribution in [0.15, 0.2) is 30.3 Å². The quantitative estimate of drug-likeness (QED) is 0.667. The van der Waals surface area contributed by atoms with Gasteiger partial charge in [-0.25, -0.2) is 4.79 Å². The van der Waals surface area contributed by atoms with Gasteiger partial charge in [-0.2, -0.15) is 9.97 Å². The van der Waals surface area contributed by atoms with Crippen molar-refractivity contribution in [2.75, 3.05) is 46.4 Å². The van der Waals surface area contributed by atoms with Gasteiger partial charge in [0.1, 0.15) is 13.2 Å². The standard InChI is InChI=1S/C25H34N6O3/c1-30-12-5-8-19(30)17-33-24-28-21-14-26-10-9-20(21)23(29-24)22-15-27-11-13-31(22)25(32)34-16-18-6-3-2-4-7-18/h2-4,6-7,19,22,26-27H,5,8-17H2,1H3/t19-,22?/m0/s1. The zero-order valence-corrected chi connectivity index (χ0v) is 19.8. The molecule has 9 nitrogen and oxygen atoms in total. The molecule has 2 saturated heterocycles. The van der Waals surface area contributed by atoms with E-state index >= 15 is 0 Å². The van der Waals surface area contributed by atoms with Gasteiger partial charge in [-0.15, -0.1) is 0 Å².